The van der Waals surface area contributed by atoms with E-state index in [0.717, 1.165) is 0 Å². The van der Waals surface area contributed by atoms with Crippen molar-refractivity contribution in [2.45, 2.75) is 39.9 Å². The lowest BCUT2D eigenvalue weighted by atomic mass is 10.1. The van der Waals surface area contributed by atoms with Crippen molar-refractivity contribution in [3.63, 3.8) is 0 Å². The predicted molar refractivity (Wildman–Crippen MR) is 67.8 cm³/mol. The van der Waals surface area contributed by atoms with Crippen LogP contribution in [-0.4, -0.2) is 24.0 Å². The lowest BCUT2D eigenvalue weighted by molar-refractivity contribution is -0.154. The number of rotatable bonds is 5. The monoisotopic (exact) mass is 250 g/mol. The number of esters is 1. The molecule has 98 valence electrons. The van der Waals surface area contributed by atoms with Gasteiger partial charge in [0.1, 0.15) is 5.75 Å². The van der Waals surface area contributed by atoms with Gasteiger partial charge in [0, 0.05) is 0 Å². The molecule has 4 heteroatoms. The number of hydrogen-bond donors (Lipinski definition) is 0. The zero-order chi connectivity index (χ0) is 13.7. The fourth-order valence-corrected chi connectivity index (χ4v) is 1.43. The predicted octanol–water partition coefficient (Wildman–Crippen LogP) is 2.61. The minimum atomic E-state index is -0.743. The van der Waals surface area contributed by atoms with Crippen molar-refractivity contribution in [2.75, 3.05) is 0 Å². The number of ketones is 1. The lowest BCUT2D eigenvalue weighted by Gasteiger charge is -2.17. The van der Waals surface area contributed by atoms with Gasteiger partial charge in [0.25, 0.3) is 0 Å². The Balaban J connectivity index is 2.78. The van der Waals surface area contributed by atoms with Gasteiger partial charge >= 0.3 is 5.97 Å². The first-order valence-electron chi connectivity index (χ1n) is 5.89. The second kappa shape index (κ2) is 6.19. The summed E-state index contributed by atoms with van der Waals surface area (Å²) < 4.78 is 10.5. The molecule has 1 rings (SSSR count). The maximum Gasteiger partial charge on any atom is 0.347 e. The van der Waals surface area contributed by atoms with Crippen LogP contribution in [0.3, 0.4) is 0 Å². The molecule has 1 aromatic rings. The van der Waals surface area contributed by atoms with Gasteiger partial charge < -0.3 is 9.47 Å². The third-order valence-corrected chi connectivity index (χ3v) is 2.25. The van der Waals surface area contributed by atoms with E-state index in [1.165, 1.54) is 6.92 Å². The van der Waals surface area contributed by atoms with E-state index in [1.807, 2.05) is 0 Å². The van der Waals surface area contributed by atoms with Gasteiger partial charge in [0.15, 0.2) is 11.9 Å². The van der Waals surface area contributed by atoms with Gasteiger partial charge in [-0.15, -0.1) is 0 Å². The summed E-state index contributed by atoms with van der Waals surface area (Å²) in [7, 11) is 0. The smallest absolute Gasteiger partial charge is 0.347 e. The summed E-state index contributed by atoms with van der Waals surface area (Å²) in [4.78, 5) is 23.0. The van der Waals surface area contributed by atoms with Gasteiger partial charge in [0.2, 0.25) is 0 Å². The van der Waals surface area contributed by atoms with Crippen LogP contribution in [0.2, 0.25) is 0 Å². The van der Waals surface area contributed by atoms with E-state index >= 15 is 0 Å². The molecule has 0 spiro atoms. The quantitative estimate of drug-likeness (QED) is 0.595. The Morgan fingerprint density at radius 1 is 1.11 bits per heavy atom. The fourth-order valence-electron chi connectivity index (χ4n) is 1.43. The van der Waals surface area contributed by atoms with E-state index in [9.17, 15) is 9.59 Å². The number of carbonyl (C=O) groups excluding carboxylic acids is 2. The summed E-state index contributed by atoms with van der Waals surface area (Å²) in [5, 5.41) is 0. The third-order valence-electron chi connectivity index (χ3n) is 2.25. The van der Waals surface area contributed by atoms with Gasteiger partial charge in [0.05, 0.1) is 11.7 Å². The van der Waals surface area contributed by atoms with Crippen molar-refractivity contribution in [3.8, 4) is 5.75 Å². The average molecular weight is 250 g/mol. The number of ether oxygens (including phenoxy) is 2. The first-order chi connectivity index (χ1) is 8.41. The molecular weight excluding hydrogens is 232 g/mol. The molecule has 0 amide bonds. The van der Waals surface area contributed by atoms with E-state index < -0.39 is 12.1 Å². The molecule has 0 N–H and O–H groups in total. The normalized spacial score (nSPS) is 12.1. The highest BCUT2D eigenvalue weighted by Gasteiger charge is 2.19. The van der Waals surface area contributed by atoms with Crippen LogP contribution in [0.1, 0.15) is 38.1 Å². The Labute approximate surface area is 107 Å². The summed E-state index contributed by atoms with van der Waals surface area (Å²) in [6.07, 6.45) is -0.931. The highest BCUT2D eigenvalue weighted by atomic mass is 16.6. The van der Waals surface area contributed by atoms with Crippen LogP contribution in [-0.2, 0) is 9.53 Å². The van der Waals surface area contributed by atoms with Crippen molar-refractivity contribution in [1.29, 1.82) is 0 Å². The SMILES string of the molecule is CC(=O)c1ccccc1OC(C)C(=O)OC(C)C. The minimum absolute atomic E-state index is 0.102. The molecule has 1 unspecified atom stereocenters. The molecule has 0 bridgehead atoms. The van der Waals surface area contributed by atoms with Crippen LogP contribution in [0, 0.1) is 0 Å². The molecule has 0 aliphatic carbocycles. The summed E-state index contributed by atoms with van der Waals surface area (Å²) in [6.45, 7) is 6.60. The van der Waals surface area contributed by atoms with E-state index in [4.69, 9.17) is 9.47 Å². The molecule has 1 aromatic carbocycles. The van der Waals surface area contributed by atoms with Gasteiger partial charge in [-0.2, -0.15) is 0 Å². The largest absolute Gasteiger partial charge is 0.478 e. The summed E-state index contributed by atoms with van der Waals surface area (Å²) in [5.41, 5.74) is 0.460. The molecule has 0 radical (unpaired) electrons. The van der Waals surface area contributed by atoms with Crippen LogP contribution in [0.4, 0.5) is 0 Å². The first-order valence-corrected chi connectivity index (χ1v) is 5.89. The standard InChI is InChI=1S/C14H18O4/c1-9(2)17-14(16)11(4)18-13-8-6-5-7-12(13)10(3)15/h5-9,11H,1-4H3. The molecule has 1 atom stereocenters. The molecule has 0 aliphatic heterocycles. The van der Waals surface area contributed by atoms with Gasteiger partial charge in [-0.05, 0) is 39.8 Å². The van der Waals surface area contributed by atoms with Crippen LogP contribution in [0.25, 0.3) is 0 Å². The molecule has 0 aliphatic rings. The molecule has 0 aromatic heterocycles. The minimum Gasteiger partial charge on any atom is -0.478 e. The van der Waals surface area contributed by atoms with E-state index in [2.05, 4.69) is 0 Å². The Kier molecular flexibility index (Phi) is 4.89. The zero-order valence-corrected chi connectivity index (χ0v) is 11.1. The zero-order valence-electron chi connectivity index (χ0n) is 11.1. The Morgan fingerprint density at radius 3 is 2.28 bits per heavy atom. The maximum absolute atomic E-state index is 11.6. The van der Waals surface area contributed by atoms with Gasteiger partial charge in [-0.25, -0.2) is 4.79 Å². The maximum atomic E-state index is 11.6. The second-order valence-corrected chi connectivity index (χ2v) is 4.30. The van der Waals surface area contributed by atoms with Gasteiger partial charge in [-0.1, -0.05) is 12.1 Å². The average Bonchev–Trinajstić information content (AvgIpc) is 2.28. The van der Waals surface area contributed by atoms with E-state index in [0.29, 0.717) is 11.3 Å². The Morgan fingerprint density at radius 2 is 1.72 bits per heavy atom. The molecular formula is C14H18O4. The number of hydrogen-bond acceptors (Lipinski definition) is 4. The molecule has 0 heterocycles. The van der Waals surface area contributed by atoms with Crippen LogP contribution in [0.15, 0.2) is 24.3 Å². The number of carbonyl (C=O) groups is 2. The van der Waals surface area contributed by atoms with Crippen molar-refractivity contribution in [3.05, 3.63) is 29.8 Å². The van der Waals surface area contributed by atoms with Crippen molar-refractivity contribution < 1.29 is 19.1 Å². The number of para-hydroxylation sites is 1. The van der Waals surface area contributed by atoms with Crippen molar-refractivity contribution in [2.24, 2.45) is 0 Å². The number of benzene rings is 1. The first kappa shape index (κ1) is 14.2. The lowest BCUT2D eigenvalue weighted by Crippen LogP contribution is -2.28. The molecule has 0 saturated carbocycles. The van der Waals surface area contributed by atoms with Crippen LogP contribution < -0.4 is 4.74 Å². The van der Waals surface area contributed by atoms with E-state index in [1.54, 1.807) is 45.0 Å². The molecule has 0 fully saturated rings. The highest BCUT2D eigenvalue weighted by molar-refractivity contribution is 5.96. The van der Waals surface area contributed by atoms with Crippen LogP contribution >= 0.6 is 0 Å². The van der Waals surface area contributed by atoms with Crippen LogP contribution in [0.5, 0.6) is 5.75 Å². The van der Waals surface area contributed by atoms with Crippen molar-refractivity contribution >= 4 is 11.8 Å². The Hall–Kier alpha value is -1.84. The summed E-state index contributed by atoms with van der Waals surface area (Å²) in [6, 6.07) is 6.83. The summed E-state index contributed by atoms with van der Waals surface area (Å²) >= 11 is 0. The fraction of sp³-hybridized carbons (Fsp3) is 0.429. The summed E-state index contributed by atoms with van der Waals surface area (Å²) in [5.74, 6) is -0.142. The van der Waals surface area contributed by atoms with Gasteiger partial charge in [-0.3, -0.25) is 4.79 Å². The topological polar surface area (TPSA) is 52.6 Å². The van der Waals surface area contributed by atoms with Crippen molar-refractivity contribution in [1.82, 2.24) is 0 Å². The van der Waals surface area contributed by atoms with E-state index in [-0.39, 0.29) is 11.9 Å². The molecule has 0 saturated heterocycles. The third kappa shape index (κ3) is 3.87. The number of Topliss-reactive ketones (excluding diaryl/α,β-unsaturated/α-hetero) is 1. The highest BCUT2D eigenvalue weighted by Crippen LogP contribution is 2.20. The second-order valence-electron chi connectivity index (χ2n) is 4.30. The Bertz CT molecular complexity index is 437. The molecule has 18 heavy (non-hydrogen) atoms. The molecule has 4 nitrogen and oxygen atoms in total.